The van der Waals surface area contributed by atoms with Gasteiger partial charge in [0.15, 0.2) is 5.96 Å². The van der Waals surface area contributed by atoms with Crippen LogP contribution in [0.4, 0.5) is 17.2 Å². The molecular formula is C26H32N8O. The molecule has 4 rings (SSSR count). The number of H-pyrrole nitrogens is 1. The Balaban J connectivity index is 1.69. The molecule has 1 aliphatic rings. The monoisotopic (exact) mass is 472 g/mol. The van der Waals surface area contributed by atoms with E-state index in [2.05, 4.69) is 57.9 Å². The van der Waals surface area contributed by atoms with Crippen LogP contribution in [0, 0.1) is 0 Å². The third-order valence-corrected chi connectivity index (χ3v) is 6.22. The number of benzene rings is 1. The number of hydrogen-bond acceptors (Lipinski definition) is 6. The number of hydrogen-bond donors (Lipinski definition) is 4. The van der Waals surface area contributed by atoms with Crippen LogP contribution in [0.5, 0.6) is 0 Å². The number of allylic oxidation sites excluding steroid dienone is 2. The fourth-order valence-corrected chi connectivity index (χ4v) is 4.27. The first kappa shape index (κ1) is 24.0. The average Bonchev–Trinajstić information content (AvgIpc) is 3.30. The van der Waals surface area contributed by atoms with E-state index in [1.807, 2.05) is 31.2 Å². The number of pyridine rings is 2. The zero-order valence-corrected chi connectivity index (χ0v) is 20.4. The number of aromatic amines is 1. The minimum Gasteiger partial charge on any atom is -0.370 e. The number of nitrogens with two attached hydrogens (primary N) is 2. The molecule has 1 atom stereocenters. The molecule has 1 saturated heterocycles. The van der Waals surface area contributed by atoms with Crippen molar-refractivity contribution < 1.29 is 0 Å². The van der Waals surface area contributed by atoms with Gasteiger partial charge < -0.3 is 31.6 Å². The first-order valence-corrected chi connectivity index (χ1v) is 11.5. The molecule has 2 aromatic heterocycles. The summed E-state index contributed by atoms with van der Waals surface area (Å²) < 4.78 is 0. The summed E-state index contributed by atoms with van der Waals surface area (Å²) in [6, 6.07) is 12.4. The Morgan fingerprint density at radius 2 is 2.03 bits per heavy atom. The molecule has 0 saturated carbocycles. The number of rotatable bonds is 7. The van der Waals surface area contributed by atoms with Crippen molar-refractivity contribution in [3.8, 4) is 0 Å². The molecule has 0 spiro atoms. The second-order valence-corrected chi connectivity index (χ2v) is 9.03. The molecule has 3 heterocycles. The van der Waals surface area contributed by atoms with Crippen molar-refractivity contribution in [3.05, 3.63) is 77.0 Å². The highest BCUT2D eigenvalue weighted by atomic mass is 16.1. The standard InChI is InChI=1S/C26H32N8O/c1-16(2)21(14-30-26(27)28)22-13-17-9-11-29-25(35)23(17)24(32-22)31-18-5-7-19(8-6-18)34-12-10-20(15-34)33(3)4/h5-9,11,13-14,20H,1,10,12,15H2,2-4H3,(H,29,35)(H,31,32)(H4,27,28,30)/b21-14+. The van der Waals surface area contributed by atoms with Crippen LogP contribution in [-0.4, -0.2) is 54.1 Å². The maximum atomic E-state index is 12.7. The first-order chi connectivity index (χ1) is 16.7. The molecule has 0 radical (unpaired) electrons. The number of likely N-dealkylation sites (N-methyl/N-ethyl adjacent to an activating group) is 1. The van der Waals surface area contributed by atoms with Gasteiger partial charge in [-0.3, -0.25) is 4.79 Å². The highest BCUT2D eigenvalue weighted by Gasteiger charge is 2.24. The average molecular weight is 473 g/mol. The highest BCUT2D eigenvalue weighted by molar-refractivity contribution is 5.95. The molecule has 1 aliphatic heterocycles. The summed E-state index contributed by atoms with van der Waals surface area (Å²) in [5.41, 5.74) is 14.8. The van der Waals surface area contributed by atoms with Gasteiger partial charge in [0.2, 0.25) is 0 Å². The molecule has 0 amide bonds. The smallest absolute Gasteiger partial charge is 0.259 e. The predicted octanol–water partition coefficient (Wildman–Crippen LogP) is 3.00. The molecule has 3 aromatic rings. The van der Waals surface area contributed by atoms with E-state index in [1.165, 1.54) is 11.9 Å². The van der Waals surface area contributed by atoms with Crippen LogP contribution < -0.4 is 27.2 Å². The van der Waals surface area contributed by atoms with Crippen LogP contribution >= 0.6 is 0 Å². The molecule has 1 aromatic carbocycles. The maximum Gasteiger partial charge on any atom is 0.259 e. The van der Waals surface area contributed by atoms with Gasteiger partial charge in [-0.25, -0.2) is 9.98 Å². The second kappa shape index (κ2) is 10.0. The van der Waals surface area contributed by atoms with Crippen molar-refractivity contribution >= 4 is 39.5 Å². The van der Waals surface area contributed by atoms with E-state index in [4.69, 9.17) is 16.5 Å². The lowest BCUT2D eigenvalue weighted by Gasteiger charge is -2.22. The summed E-state index contributed by atoms with van der Waals surface area (Å²) in [6.07, 6.45) is 4.30. The number of aliphatic imine (C=N–C) groups is 1. The summed E-state index contributed by atoms with van der Waals surface area (Å²) in [5.74, 6) is 0.382. The summed E-state index contributed by atoms with van der Waals surface area (Å²) in [4.78, 5) is 28.9. The fourth-order valence-electron chi connectivity index (χ4n) is 4.27. The van der Waals surface area contributed by atoms with Gasteiger partial charge in [-0.15, -0.1) is 0 Å². The van der Waals surface area contributed by atoms with Gasteiger partial charge in [0, 0.05) is 48.5 Å². The molecule has 6 N–H and O–H groups in total. The third kappa shape index (κ3) is 5.36. The van der Waals surface area contributed by atoms with Crippen molar-refractivity contribution in [2.75, 3.05) is 37.4 Å². The summed E-state index contributed by atoms with van der Waals surface area (Å²) in [6.45, 7) is 7.92. The molecule has 0 bridgehead atoms. The van der Waals surface area contributed by atoms with Crippen molar-refractivity contribution in [3.63, 3.8) is 0 Å². The predicted molar refractivity (Wildman–Crippen MR) is 145 cm³/mol. The molecule has 9 heteroatoms. The Hall–Kier alpha value is -4.11. The van der Waals surface area contributed by atoms with E-state index in [0.717, 1.165) is 36.2 Å². The van der Waals surface area contributed by atoms with Crippen LogP contribution in [0.2, 0.25) is 0 Å². The minimum atomic E-state index is -0.224. The van der Waals surface area contributed by atoms with Crippen LogP contribution in [0.1, 0.15) is 19.0 Å². The quantitative estimate of drug-likeness (QED) is 0.236. The second-order valence-electron chi connectivity index (χ2n) is 9.03. The molecule has 9 nitrogen and oxygen atoms in total. The lowest BCUT2D eigenvalue weighted by molar-refractivity contribution is 0.315. The van der Waals surface area contributed by atoms with Crippen molar-refractivity contribution in [1.82, 2.24) is 14.9 Å². The Bertz CT molecular complexity index is 1350. The van der Waals surface area contributed by atoms with Crippen molar-refractivity contribution in [2.24, 2.45) is 16.5 Å². The van der Waals surface area contributed by atoms with Crippen molar-refractivity contribution in [1.29, 1.82) is 0 Å². The van der Waals surface area contributed by atoms with Crippen LogP contribution in [0.25, 0.3) is 16.3 Å². The zero-order valence-electron chi connectivity index (χ0n) is 20.4. The summed E-state index contributed by atoms with van der Waals surface area (Å²) in [7, 11) is 4.25. The molecule has 1 unspecified atom stereocenters. The highest BCUT2D eigenvalue weighted by Crippen LogP contribution is 2.30. The zero-order chi connectivity index (χ0) is 25.1. The Labute approximate surface area is 204 Å². The lowest BCUT2D eigenvalue weighted by Crippen LogP contribution is -2.31. The van der Waals surface area contributed by atoms with Crippen LogP contribution in [-0.2, 0) is 0 Å². The molecule has 182 valence electrons. The van der Waals surface area contributed by atoms with Crippen LogP contribution in [0.15, 0.2) is 70.7 Å². The Kier molecular flexibility index (Phi) is 6.88. The van der Waals surface area contributed by atoms with Gasteiger partial charge in [0.25, 0.3) is 5.56 Å². The number of nitrogens with zero attached hydrogens (tertiary/aromatic N) is 4. The minimum absolute atomic E-state index is 0.0608. The fraction of sp³-hybridized carbons (Fsp3) is 0.269. The number of anilines is 3. The molecule has 1 fully saturated rings. The Morgan fingerprint density at radius 3 is 2.66 bits per heavy atom. The van der Waals surface area contributed by atoms with E-state index < -0.39 is 0 Å². The van der Waals surface area contributed by atoms with E-state index in [1.54, 1.807) is 6.20 Å². The normalized spacial score (nSPS) is 16.1. The van der Waals surface area contributed by atoms with Crippen molar-refractivity contribution in [2.45, 2.75) is 19.4 Å². The van der Waals surface area contributed by atoms with E-state index in [0.29, 0.717) is 28.5 Å². The Morgan fingerprint density at radius 1 is 1.29 bits per heavy atom. The summed E-state index contributed by atoms with van der Waals surface area (Å²) >= 11 is 0. The topological polar surface area (TPSA) is 129 Å². The van der Waals surface area contributed by atoms with Gasteiger partial charge in [-0.05, 0) is 74.8 Å². The van der Waals surface area contributed by atoms with E-state index in [-0.39, 0.29) is 11.5 Å². The van der Waals surface area contributed by atoms with Crippen LogP contribution in [0.3, 0.4) is 0 Å². The number of fused-ring (bicyclic) bond motifs is 1. The van der Waals surface area contributed by atoms with E-state index in [9.17, 15) is 4.79 Å². The van der Waals surface area contributed by atoms with E-state index >= 15 is 0 Å². The summed E-state index contributed by atoms with van der Waals surface area (Å²) in [5, 5.41) is 4.54. The first-order valence-electron chi connectivity index (χ1n) is 11.5. The van der Waals surface area contributed by atoms with Gasteiger partial charge in [-0.1, -0.05) is 6.58 Å². The lowest BCUT2D eigenvalue weighted by atomic mass is 10.0. The maximum absolute atomic E-state index is 12.7. The molecule has 0 aliphatic carbocycles. The van der Waals surface area contributed by atoms with Gasteiger partial charge in [0.1, 0.15) is 5.82 Å². The SMILES string of the molecule is C=C(C)/C(=C\N=C(N)N)c1cc2cc[nH]c(=O)c2c(Nc2ccc(N3CCC(N(C)C)C3)cc2)n1. The van der Waals surface area contributed by atoms with Gasteiger partial charge >= 0.3 is 0 Å². The number of guanidine groups is 1. The molecular weight excluding hydrogens is 440 g/mol. The largest absolute Gasteiger partial charge is 0.370 e. The van der Waals surface area contributed by atoms with Gasteiger partial charge in [-0.2, -0.15) is 0 Å². The number of nitrogens with one attached hydrogen (secondary N) is 2. The number of aromatic nitrogens is 2. The third-order valence-electron chi connectivity index (χ3n) is 6.22. The molecule has 35 heavy (non-hydrogen) atoms. The van der Waals surface area contributed by atoms with Gasteiger partial charge in [0.05, 0.1) is 11.1 Å².